The van der Waals surface area contributed by atoms with E-state index >= 15 is 0 Å². The Kier molecular flexibility index (Phi) is 4.30. The van der Waals surface area contributed by atoms with Gasteiger partial charge in [0, 0.05) is 13.8 Å². The average molecular weight is 224 g/mol. The Labute approximate surface area is 79.5 Å². The quantitative estimate of drug-likeness (QED) is 0.688. The minimum atomic E-state index is -4.19. The summed E-state index contributed by atoms with van der Waals surface area (Å²) >= 11 is 0. The summed E-state index contributed by atoms with van der Waals surface area (Å²) in [5, 5.41) is 8.32. The van der Waals surface area contributed by atoms with Gasteiger partial charge < -0.3 is 14.2 Å². The summed E-state index contributed by atoms with van der Waals surface area (Å²) in [5.41, 5.74) is 0. The Bertz CT molecular complexity index is 260. The van der Waals surface area contributed by atoms with Gasteiger partial charge >= 0.3 is 25.5 Å². The van der Waals surface area contributed by atoms with Crippen LogP contribution in [0.15, 0.2) is 0 Å². The van der Waals surface area contributed by atoms with Crippen LogP contribution in [0.5, 0.6) is 0 Å². The number of rotatable bonds is 4. The molecule has 0 radical (unpaired) electrons. The summed E-state index contributed by atoms with van der Waals surface area (Å²) in [6.07, 6.45) is -1.04. The van der Waals surface area contributed by atoms with Crippen LogP contribution in [0.2, 0.25) is 0 Å². The van der Waals surface area contributed by atoms with E-state index in [2.05, 4.69) is 9.05 Å². The SMILES string of the molecule is CC(=O)OP(=O)(CC(=O)O)OC(C)=O. The molecule has 0 spiro atoms. The molecule has 7 nitrogen and oxygen atoms in total. The van der Waals surface area contributed by atoms with Crippen molar-refractivity contribution >= 4 is 25.5 Å². The molecule has 0 fully saturated rings. The molecular weight excluding hydrogens is 215 g/mol. The number of hydrogen-bond donors (Lipinski definition) is 1. The molecular formula is C6H9O7P. The Morgan fingerprint density at radius 3 is 1.71 bits per heavy atom. The molecule has 0 saturated heterocycles. The Balaban J connectivity index is 4.66. The molecule has 0 aliphatic heterocycles. The van der Waals surface area contributed by atoms with E-state index < -0.39 is 31.7 Å². The lowest BCUT2D eigenvalue weighted by molar-refractivity contribution is -0.136. The predicted molar refractivity (Wildman–Crippen MR) is 43.6 cm³/mol. The lowest BCUT2D eigenvalue weighted by atomic mass is 10.8. The third-order valence-electron chi connectivity index (χ3n) is 0.864. The topological polar surface area (TPSA) is 107 Å². The van der Waals surface area contributed by atoms with Crippen LogP contribution in [-0.2, 0) is 28.0 Å². The molecule has 1 N–H and O–H groups in total. The van der Waals surface area contributed by atoms with Crippen molar-refractivity contribution in [3.05, 3.63) is 0 Å². The highest BCUT2D eigenvalue weighted by Crippen LogP contribution is 2.48. The molecule has 0 unspecified atom stereocenters. The first-order valence-electron chi connectivity index (χ1n) is 3.46. The average Bonchev–Trinajstić information content (AvgIpc) is 1.76. The molecule has 0 bridgehead atoms. The van der Waals surface area contributed by atoms with Crippen LogP contribution in [-0.4, -0.2) is 29.2 Å². The zero-order valence-corrected chi connectivity index (χ0v) is 8.45. The third kappa shape index (κ3) is 5.31. The largest absolute Gasteiger partial charge is 0.481 e. The smallest absolute Gasteiger partial charge is 0.446 e. The van der Waals surface area contributed by atoms with Crippen molar-refractivity contribution in [2.75, 3.05) is 6.16 Å². The predicted octanol–water partition coefficient (Wildman–Crippen LogP) is 0.390. The molecule has 0 aliphatic rings. The van der Waals surface area contributed by atoms with Crippen LogP contribution in [0.3, 0.4) is 0 Å². The van der Waals surface area contributed by atoms with Gasteiger partial charge in [0.2, 0.25) is 0 Å². The van der Waals surface area contributed by atoms with Gasteiger partial charge in [0.1, 0.15) is 0 Å². The van der Waals surface area contributed by atoms with Gasteiger partial charge in [-0.1, -0.05) is 0 Å². The highest BCUT2D eigenvalue weighted by Gasteiger charge is 2.33. The van der Waals surface area contributed by atoms with Gasteiger partial charge in [0.05, 0.1) is 0 Å². The lowest BCUT2D eigenvalue weighted by Gasteiger charge is -2.13. The first-order valence-corrected chi connectivity index (χ1v) is 5.19. The first-order chi connectivity index (χ1) is 6.25. The van der Waals surface area contributed by atoms with Crippen LogP contribution in [0.4, 0.5) is 0 Å². The molecule has 0 aliphatic carbocycles. The molecule has 0 aromatic rings. The molecule has 0 amide bonds. The van der Waals surface area contributed by atoms with E-state index in [-0.39, 0.29) is 0 Å². The molecule has 14 heavy (non-hydrogen) atoms. The van der Waals surface area contributed by atoms with Crippen molar-refractivity contribution < 1.29 is 33.1 Å². The van der Waals surface area contributed by atoms with Crippen LogP contribution in [0.25, 0.3) is 0 Å². The third-order valence-corrected chi connectivity index (χ3v) is 2.59. The summed E-state index contributed by atoms with van der Waals surface area (Å²) in [6, 6.07) is 0. The van der Waals surface area contributed by atoms with E-state index in [1.165, 1.54) is 0 Å². The molecule has 0 rings (SSSR count). The molecule has 0 heterocycles. The van der Waals surface area contributed by atoms with Crippen molar-refractivity contribution in [3.63, 3.8) is 0 Å². The van der Waals surface area contributed by atoms with E-state index in [0.717, 1.165) is 13.8 Å². The number of carboxylic acids is 1. The minimum Gasteiger partial charge on any atom is -0.481 e. The van der Waals surface area contributed by atoms with Gasteiger partial charge in [-0.25, -0.2) is 4.57 Å². The van der Waals surface area contributed by atoms with Gasteiger partial charge in [0.15, 0.2) is 6.16 Å². The Morgan fingerprint density at radius 2 is 1.50 bits per heavy atom. The van der Waals surface area contributed by atoms with Gasteiger partial charge in [-0.05, 0) is 0 Å². The number of aliphatic carboxylic acids is 1. The second-order valence-electron chi connectivity index (χ2n) is 2.33. The number of carbonyl (C=O) groups is 3. The zero-order chi connectivity index (χ0) is 11.4. The fourth-order valence-electron chi connectivity index (χ4n) is 0.641. The monoisotopic (exact) mass is 224 g/mol. The number of carboxylic acid groups (broad SMARTS) is 1. The van der Waals surface area contributed by atoms with Crippen LogP contribution in [0, 0.1) is 0 Å². The molecule has 8 heteroatoms. The summed E-state index contributed by atoms with van der Waals surface area (Å²) in [7, 11) is -4.19. The molecule has 0 aromatic carbocycles. The van der Waals surface area contributed by atoms with Gasteiger partial charge in [-0.2, -0.15) is 0 Å². The van der Waals surface area contributed by atoms with Crippen molar-refractivity contribution in [2.24, 2.45) is 0 Å². The fourth-order valence-corrected chi connectivity index (χ4v) is 1.92. The lowest BCUT2D eigenvalue weighted by Crippen LogP contribution is -2.12. The molecule has 0 atom stereocenters. The Morgan fingerprint density at radius 1 is 1.14 bits per heavy atom. The van der Waals surface area contributed by atoms with E-state index in [0.29, 0.717) is 0 Å². The summed E-state index contributed by atoms with van der Waals surface area (Å²) in [6.45, 7) is 1.86. The van der Waals surface area contributed by atoms with Gasteiger partial charge in [-0.3, -0.25) is 14.4 Å². The van der Waals surface area contributed by atoms with E-state index in [9.17, 15) is 18.9 Å². The van der Waals surface area contributed by atoms with Crippen LogP contribution in [0.1, 0.15) is 13.8 Å². The van der Waals surface area contributed by atoms with E-state index in [4.69, 9.17) is 5.11 Å². The minimum absolute atomic E-state index is 0.929. The number of hydrogen-bond acceptors (Lipinski definition) is 6. The van der Waals surface area contributed by atoms with Crippen molar-refractivity contribution in [1.82, 2.24) is 0 Å². The maximum atomic E-state index is 11.4. The highest BCUT2D eigenvalue weighted by molar-refractivity contribution is 7.55. The second-order valence-corrected chi connectivity index (χ2v) is 4.23. The Hall–Kier alpha value is -1.36. The number of carbonyl (C=O) groups excluding carboxylic acids is 2. The molecule has 80 valence electrons. The molecule has 0 aromatic heterocycles. The zero-order valence-electron chi connectivity index (χ0n) is 7.55. The standard InChI is InChI=1S/C6H9O7P/c1-4(7)12-14(11,3-6(9)10)13-5(2)8/h3H2,1-2H3,(H,9,10). The summed E-state index contributed by atoms with van der Waals surface area (Å²) < 4.78 is 19.7. The fraction of sp³-hybridized carbons (Fsp3) is 0.500. The first kappa shape index (κ1) is 12.6. The van der Waals surface area contributed by atoms with E-state index in [1.54, 1.807) is 0 Å². The maximum Gasteiger partial charge on any atom is 0.446 e. The maximum absolute atomic E-state index is 11.4. The second kappa shape index (κ2) is 4.76. The molecule has 0 saturated carbocycles. The highest BCUT2D eigenvalue weighted by atomic mass is 31.2. The van der Waals surface area contributed by atoms with E-state index in [1.807, 2.05) is 0 Å². The van der Waals surface area contributed by atoms with Crippen molar-refractivity contribution in [2.45, 2.75) is 13.8 Å². The summed E-state index contributed by atoms with van der Waals surface area (Å²) in [4.78, 5) is 31.1. The van der Waals surface area contributed by atoms with Crippen LogP contribution >= 0.6 is 7.60 Å². The van der Waals surface area contributed by atoms with Crippen LogP contribution < -0.4 is 0 Å². The van der Waals surface area contributed by atoms with Crippen molar-refractivity contribution in [3.8, 4) is 0 Å². The van der Waals surface area contributed by atoms with Gasteiger partial charge in [-0.15, -0.1) is 0 Å². The van der Waals surface area contributed by atoms with Gasteiger partial charge in [0.25, 0.3) is 0 Å². The van der Waals surface area contributed by atoms with Crippen molar-refractivity contribution in [1.29, 1.82) is 0 Å². The summed E-state index contributed by atoms with van der Waals surface area (Å²) in [5.74, 6) is -3.44. The normalized spacial score (nSPS) is 10.4.